The first-order valence-electron chi connectivity index (χ1n) is 8.99. The van der Waals surface area contributed by atoms with Crippen LogP contribution in [0.5, 0.6) is 0 Å². The number of hydrogen-bond donors (Lipinski definition) is 1. The van der Waals surface area contributed by atoms with E-state index in [1.165, 1.54) is 25.1 Å². The minimum absolute atomic E-state index is 0.00421. The maximum absolute atomic E-state index is 14.8. The molecule has 0 bridgehead atoms. The highest BCUT2D eigenvalue weighted by Crippen LogP contribution is 2.33. The van der Waals surface area contributed by atoms with Crippen molar-refractivity contribution in [1.29, 1.82) is 0 Å². The molecule has 11 heteroatoms. The van der Waals surface area contributed by atoms with Crippen molar-refractivity contribution in [2.75, 3.05) is 5.73 Å². The van der Waals surface area contributed by atoms with E-state index in [1.54, 1.807) is 18.2 Å². The number of carbonyl (C=O) groups excluding carboxylic acids is 1. The Hall–Kier alpha value is -2.56. The summed E-state index contributed by atoms with van der Waals surface area (Å²) in [5, 5.41) is 4.07. The molecule has 0 spiro atoms. The van der Waals surface area contributed by atoms with E-state index >= 15 is 0 Å². The summed E-state index contributed by atoms with van der Waals surface area (Å²) in [7, 11) is -4.15. The third-order valence-corrected chi connectivity index (χ3v) is 8.06. The molecule has 3 aromatic rings. The smallest absolute Gasteiger partial charge is 0.263 e. The average Bonchev–Trinajstić information content (AvgIpc) is 3.18. The second-order valence-corrected chi connectivity index (χ2v) is 10.6. The molecule has 2 heterocycles. The molecular weight excluding hydrogens is 511 g/mol. The van der Waals surface area contributed by atoms with Gasteiger partial charge in [-0.25, -0.2) is 17.8 Å². The molecule has 0 radical (unpaired) electrons. The normalized spacial score (nSPS) is 18.6. The maximum Gasteiger partial charge on any atom is 0.263 e. The van der Waals surface area contributed by atoms with Gasteiger partial charge in [0, 0.05) is 10.9 Å². The summed E-state index contributed by atoms with van der Waals surface area (Å²) < 4.78 is 41.1. The van der Waals surface area contributed by atoms with E-state index in [0.29, 0.717) is 4.09 Å². The van der Waals surface area contributed by atoms with Gasteiger partial charge < -0.3 is 5.73 Å². The van der Waals surface area contributed by atoms with E-state index in [4.69, 9.17) is 17.3 Å². The van der Waals surface area contributed by atoms with Crippen LogP contribution in [0.4, 0.5) is 10.1 Å². The van der Waals surface area contributed by atoms with E-state index in [-0.39, 0.29) is 43.9 Å². The number of carbonyl (C=O) groups is 1. The third-order valence-electron chi connectivity index (χ3n) is 5.12. The van der Waals surface area contributed by atoms with Crippen molar-refractivity contribution >= 4 is 59.9 Å². The maximum atomic E-state index is 14.8. The number of fused-ring (bicyclic) bond motifs is 1. The molecule has 0 amide bonds. The number of pyridine rings is 1. The van der Waals surface area contributed by atoms with Crippen LogP contribution in [0.3, 0.4) is 0 Å². The van der Waals surface area contributed by atoms with Crippen LogP contribution < -0.4 is 5.73 Å². The zero-order valence-corrected chi connectivity index (χ0v) is 19.2. The summed E-state index contributed by atoms with van der Waals surface area (Å²) >= 11 is 9.20. The number of ketones is 1. The van der Waals surface area contributed by atoms with Gasteiger partial charge in [-0.15, -0.1) is 0 Å². The largest absolute Gasteiger partial charge is 0.396 e. The van der Waals surface area contributed by atoms with Crippen molar-refractivity contribution in [2.24, 2.45) is 0 Å². The molecule has 1 unspecified atom stereocenters. The van der Waals surface area contributed by atoms with Crippen LogP contribution in [0.25, 0.3) is 10.9 Å². The highest BCUT2D eigenvalue weighted by atomic mass is 79.9. The second kappa shape index (κ2) is 7.54. The molecule has 2 N–H and O–H groups in total. The first-order valence-corrected chi connectivity index (χ1v) is 11.6. The van der Waals surface area contributed by atoms with Gasteiger partial charge in [-0.1, -0.05) is 35.9 Å². The van der Waals surface area contributed by atoms with Crippen molar-refractivity contribution in [2.45, 2.75) is 18.1 Å². The van der Waals surface area contributed by atoms with E-state index in [0.717, 1.165) is 12.3 Å². The van der Waals surface area contributed by atoms with E-state index < -0.39 is 26.4 Å². The van der Waals surface area contributed by atoms with Crippen LogP contribution in [0, 0.1) is 5.82 Å². The van der Waals surface area contributed by atoms with Gasteiger partial charge in [0.2, 0.25) is 5.78 Å². The van der Waals surface area contributed by atoms with Crippen molar-refractivity contribution in [3.63, 3.8) is 0 Å². The second-order valence-electron chi connectivity index (χ2n) is 7.17. The summed E-state index contributed by atoms with van der Waals surface area (Å²) in [5.74, 6) is -1.48. The fourth-order valence-electron chi connectivity index (χ4n) is 3.35. The van der Waals surface area contributed by atoms with Gasteiger partial charge in [0.15, 0.2) is 0 Å². The number of rotatable bonds is 4. The van der Waals surface area contributed by atoms with Gasteiger partial charge in [-0.2, -0.15) is 9.19 Å². The molecule has 0 fully saturated rings. The Labute approximate surface area is 190 Å². The molecule has 1 atom stereocenters. The first-order chi connectivity index (χ1) is 14.6. The van der Waals surface area contributed by atoms with Gasteiger partial charge in [0.25, 0.3) is 10.0 Å². The molecule has 0 aliphatic heterocycles. The van der Waals surface area contributed by atoms with Gasteiger partial charge in [0.1, 0.15) is 26.4 Å². The van der Waals surface area contributed by atoms with Crippen LogP contribution >= 0.6 is 27.5 Å². The minimum Gasteiger partial charge on any atom is -0.396 e. The third kappa shape index (κ3) is 3.38. The van der Waals surface area contributed by atoms with E-state index in [2.05, 4.69) is 26.0 Å². The van der Waals surface area contributed by atoms with Crippen molar-refractivity contribution in [1.82, 2.24) is 14.2 Å². The fraction of sp³-hybridized carbons (Fsp3) is 0.150. The molecule has 160 valence electrons. The molecule has 7 nitrogen and oxygen atoms in total. The van der Waals surface area contributed by atoms with Crippen LogP contribution in [0.1, 0.15) is 29.4 Å². The quantitative estimate of drug-likeness (QED) is 0.403. The Bertz CT molecular complexity index is 1420. The number of anilines is 1. The molecule has 0 saturated carbocycles. The number of nitrogens with zero attached hydrogens (tertiary/aromatic N) is 3. The molecule has 0 saturated heterocycles. The lowest BCUT2D eigenvalue weighted by molar-refractivity contribution is 0.103. The molecular formula is C20H15BrClFN4O3S. The van der Waals surface area contributed by atoms with Crippen LogP contribution in [-0.4, -0.2) is 33.1 Å². The fourth-order valence-corrected chi connectivity index (χ4v) is 5.63. The van der Waals surface area contributed by atoms with Crippen LogP contribution in [-0.2, 0) is 10.0 Å². The zero-order chi connectivity index (χ0) is 22.6. The van der Waals surface area contributed by atoms with Gasteiger partial charge in [-0.3, -0.25) is 4.79 Å². The van der Waals surface area contributed by atoms with Crippen LogP contribution in [0.15, 0.2) is 53.3 Å². The first kappa shape index (κ1) is 21.7. The summed E-state index contributed by atoms with van der Waals surface area (Å²) in [4.78, 5) is 17.3. The average molecular weight is 526 g/mol. The van der Waals surface area contributed by atoms with E-state index in [9.17, 15) is 17.6 Å². The Morgan fingerprint density at radius 1 is 1.35 bits per heavy atom. The predicted octanol–water partition coefficient (Wildman–Crippen LogP) is 4.25. The molecule has 2 aromatic heterocycles. The number of nitrogens with two attached hydrogens (primary N) is 1. The molecule has 1 aliphatic carbocycles. The number of hydrogen-bond acceptors (Lipinski definition) is 6. The standard InChI is InChI=1S/C20H15BrClFN4O3S/c1-20(7-3-2-4-8-20)31(29,30)27-18-12(10-25-27)11(5-6-14(18)23)19(28)17-16(24)13(22)9-15(21)26-17/h2-7,9-10H,8,24H2,1H3. The SMILES string of the molecule is CC1(S(=O)(=O)n2ncc3c(C(=O)c4nc(Br)cc(Cl)c4N)ccc(F)c32)C=CC=CC1. The Morgan fingerprint density at radius 3 is 2.77 bits per heavy atom. The number of nitrogen functional groups attached to an aromatic ring is 1. The van der Waals surface area contributed by atoms with Crippen molar-refractivity contribution < 1.29 is 17.6 Å². The topological polar surface area (TPSA) is 108 Å². The van der Waals surface area contributed by atoms with Gasteiger partial charge in [-0.05, 0) is 47.5 Å². The summed E-state index contributed by atoms with van der Waals surface area (Å²) in [5.41, 5.74) is 5.40. The van der Waals surface area contributed by atoms with Crippen molar-refractivity contribution in [3.8, 4) is 0 Å². The Kier molecular flexibility index (Phi) is 5.27. The highest BCUT2D eigenvalue weighted by molar-refractivity contribution is 9.10. The lowest BCUT2D eigenvalue weighted by Crippen LogP contribution is -2.38. The predicted molar refractivity (Wildman–Crippen MR) is 120 cm³/mol. The minimum atomic E-state index is -4.15. The monoisotopic (exact) mass is 524 g/mol. The Balaban J connectivity index is 1.92. The van der Waals surface area contributed by atoms with Crippen LogP contribution in [0.2, 0.25) is 5.02 Å². The summed E-state index contributed by atoms with van der Waals surface area (Å²) in [6.07, 6.45) is 7.92. The van der Waals surface area contributed by atoms with Gasteiger partial charge in [0.05, 0.1) is 16.9 Å². The number of allylic oxidation sites excluding steroid dienone is 3. The number of benzene rings is 1. The number of halogens is 3. The molecule has 1 aliphatic rings. The van der Waals surface area contributed by atoms with Crippen molar-refractivity contribution in [3.05, 3.63) is 75.4 Å². The van der Waals surface area contributed by atoms with E-state index in [1.807, 2.05) is 0 Å². The van der Waals surface area contributed by atoms with Gasteiger partial charge >= 0.3 is 0 Å². The lowest BCUT2D eigenvalue weighted by atomic mass is 10.0. The lowest BCUT2D eigenvalue weighted by Gasteiger charge is -2.26. The molecule has 31 heavy (non-hydrogen) atoms. The Morgan fingerprint density at radius 2 is 2.10 bits per heavy atom. The zero-order valence-electron chi connectivity index (χ0n) is 16.0. The number of aromatic nitrogens is 3. The summed E-state index contributed by atoms with van der Waals surface area (Å²) in [6, 6.07) is 3.68. The molecule has 4 rings (SSSR count). The molecule has 1 aromatic carbocycles. The summed E-state index contributed by atoms with van der Waals surface area (Å²) in [6.45, 7) is 1.52. The highest BCUT2D eigenvalue weighted by Gasteiger charge is 2.40.